The predicted octanol–water partition coefficient (Wildman–Crippen LogP) is 4.11. The standard InChI is InChI=1S/C23H20F2N8O3S2/c1-36-11-4-2-3-10(5-11)20(34)30-15-6-12(13(24)7-14(15)25)16-9-37-21(31-16)18-19(28)32-23(38-18)33-22(35)29-8-17(26)27/h2-7,9H,8,28H2,1H3,(H3,26,27)(H,30,34)(H2,29,32,33,35). The van der Waals surface area contributed by atoms with E-state index in [1.807, 2.05) is 0 Å². The zero-order chi connectivity index (χ0) is 27.4. The van der Waals surface area contributed by atoms with Gasteiger partial charge in [-0.25, -0.2) is 23.5 Å². The zero-order valence-electron chi connectivity index (χ0n) is 19.6. The molecule has 8 N–H and O–H groups in total. The summed E-state index contributed by atoms with van der Waals surface area (Å²) in [6.07, 6.45) is 0. The van der Waals surface area contributed by atoms with Crippen molar-refractivity contribution < 1.29 is 23.1 Å². The van der Waals surface area contributed by atoms with Crippen molar-refractivity contribution in [3.63, 3.8) is 0 Å². The monoisotopic (exact) mass is 558 g/mol. The van der Waals surface area contributed by atoms with Gasteiger partial charge in [-0.1, -0.05) is 17.4 Å². The Morgan fingerprint density at radius 2 is 1.92 bits per heavy atom. The third-order valence-electron chi connectivity index (χ3n) is 4.92. The van der Waals surface area contributed by atoms with E-state index in [-0.39, 0.29) is 45.8 Å². The minimum atomic E-state index is -0.955. The first kappa shape index (κ1) is 26.4. The van der Waals surface area contributed by atoms with Crippen LogP contribution in [0.15, 0.2) is 41.8 Å². The highest BCUT2D eigenvalue weighted by Gasteiger charge is 2.20. The number of aromatic nitrogens is 2. The summed E-state index contributed by atoms with van der Waals surface area (Å²) in [5.41, 5.74) is 11.3. The highest BCUT2D eigenvalue weighted by Crippen LogP contribution is 2.39. The van der Waals surface area contributed by atoms with E-state index in [1.165, 1.54) is 19.2 Å². The molecule has 4 rings (SSSR count). The summed E-state index contributed by atoms with van der Waals surface area (Å²) in [7, 11) is 1.45. The van der Waals surface area contributed by atoms with Crippen LogP contribution in [-0.4, -0.2) is 41.4 Å². The van der Waals surface area contributed by atoms with Gasteiger partial charge in [-0.2, -0.15) is 0 Å². The van der Waals surface area contributed by atoms with Crippen LogP contribution in [0.3, 0.4) is 0 Å². The van der Waals surface area contributed by atoms with Gasteiger partial charge in [-0.05, 0) is 24.3 Å². The van der Waals surface area contributed by atoms with Crippen molar-refractivity contribution in [1.82, 2.24) is 15.3 Å². The van der Waals surface area contributed by atoms with Crippen molar-refractivity contribution in [3.05, 3.63) is 59.0 Å². The number of thiazole rings is 2. The highest BCUT2D eigenvalue weighted by atomic mass is 32.1. The number of methoxy groups -OCH3 is 1. The van der Waals surface area contributed by atoms with Crippen LogP contribution in [0.25, 0.3) is 21.1 Å². The normalized spacial score (nSPS) is 10.6. The van der Waals surface area contributed by atoms with Crippen LogP contribution in [0, 0.1) is 17.0 Å². The number of hydrogen-bond donors (Lipinski definition) is 6. The second-order valence-corrected chi connectivity index (χ2v) is 9.46. The van der Waals surface area contributed by atoms with E-state index in [9.17, 15) is 18.4 Å². The molecule has 0 atom stereocenters. The first-order valence-electron chi connectivity index (χ1n) is 10.7. The number of anilines is 3. The van der Waals surface area contributed by atoms with Gasteiger partial charge in [0, 0.05) is 22.6 Å². The number of halogens is 2. The first-order chi connectivity index (χ1) is 18.1. The third-order valence-corrected chi connectivity index (χ3v) is 6.91. The Balaban J connectivity index is 1.56. The summed E-state index contributed by atoms with van der Waals surface area (Å²) in [5.74, 6) is -2.12. The molecule has 2 heterocycles. The molecule has 0 saturated heterocycles. The lowest BCUT2D eigenvalue weighted by Gasteiger charge is -2.10. The molecule has 2 aromatic heterocycles. The van der Waals surface area contributed by atoms with Crippen molar-refractivity contribution in [2.75, 3.05) is 30.0 Å². The number of carbonyl (C=O) groups excluding carboxylic acids is 2. The average molecular weight is 559 g/mol. The number of carbonyl (C=O) groups is 2. The van der Waals surface area contributed by atoms with E-state index in [0.717, 1.165) is 28.7 Å². The van der Waals surface area contributed by atoms with Crippen LogP contribution in [0.4, 0.5) is 30.2 Å². The Labute approximate surface area is 222 Å². The molecule has 4 aromatic rings. The van der Waals surface area contributed by atoms with Gasteiger partial charge in [0.05, 0.1) is 25.0 Å². The fourth-order valence-corrected chi connectivity index (χ4v) is 4.96. The molecule has 3 amide bonds. The third kappa shape index (κ3) is 6.01. The molecule has 0 bridgehead atoms. The minimum absolute atomic E-state index is 0.0418. The number of amidine groups is 1. The van der Waals surface area contributed by atoms with Crippen molar-refractivity contribution in [2.24, 2.45) is 5.73 Å². The molecule has 0 unspecified atom stereocenters. The summed E-state index contributed by atoms with van der Waals surface area (Å²) in [4.78, 5) is 33.4. The van der Waals surface area contributed by atoms with E-state index >= 15 is 0 Å². The van der Waals surface area contributed by atoms with Crippen LogP contribution in [0.1, 0.15) is 10.4 Å². The van der Waals surface area contributed by atoms with Gasteiger partial charge >= 0.3 is 6.03 Å². The van der Waals surface area contributed by atoms with E-state index in [2.05, 4.69) is 25.9 Å². The molecule has 0 radical (unpaired) electrons. The molecule has 196 valence electrons. The van der Waals surface area contributed by atoms with Crippen molar-refractivity contribution >= 4 is 57.1 Å². The number of rotatable bonds is 8. The second kappa shape index (κ2) is 11.2. The van der Waals surface area contributed by atoms with Crippen LogP contribution in [0.2, 0.25) is 0 Å². The molecular formula is C23H20F2N8O3S2. The highest BCUT2D eigenvalue weighted by molar-refractivity contribution is 7.23. The van der Waals surface area contributed by atoms with Crippen LogP contribution >= 0.6 is 22.7 Å². The molecule has 0 fully saturated rings. The number of amides is 3. The maximum absolute atomic E-state index is 14.7. The Morgan fingerprint density at radius 1 is 1.13 bits per heavy atom. The van der Waals surface area contributed by atoms with Gasteiger partial charge in [0.15, 0.2) is 5.13 Å². The molecule has 11 nitrogen and oxygen atoms in total. The molecule has 15 heteroatoms. The maximum Gasteiger partial charge on any atom is 0.321 e. The number of urea groups is 1. The number of nitrogen functional groups attached to an aromatic ring is 1. The Kier molecular flexibility index (Phi) is 7.78. The van der Waals surface area contributed by atoms with E-state index < -0.39 is 23.6 Å². The SMILES string of the molecule is COc1cccc(C(=O)Nc2cc(-c3csc(-c4sc(NC(=O)NCC(=N)N)nc4N)n3)c(F)cc2F)c1. The van der Waals surface area contributed by atoms with Gasteiger partial charge in [-0.3, -0.25) is 15.5 Å². The van der Waals surface area contributed by atoms with E-state index in [4.69, 9.17) is 21.6 Å². The number of nitrogens with two attached hydrogens (primary N) is 2. The average Bonchev–Trinajstić information content (AvgIpc) is 3.50. The van der Waals surface area contributed by atoms with E-state index in [1.54, 1.807) is 17.5 Å². The summed E-state index contributed by atoms with van der Waals surface area (Å²) < 4.78 is 34.3. The first-order valence-corrected chi connectivity index (χ1v) is 12.4. The Morgan fingerprint density at radius 3 is 2.66 bits per heavy atom. The van der Waals surface area contributed by atoms with E-state index in [0.29, 0.717) is 21.7 Å². The molecule has 2 aromatic carbocycles. The Bertz CT molecular complexity index is 1540. The van der Waals surface area contributed by atoms with Gasteiger partial charge in [0.1, 0.15) is 38.9 Å². The number of hydrogen-bond acceptors (Lipinski definition) is 9. The lowest BCUT2D eigenvalue weighted by molar-refractivity contribution is 0.102. The summed E-state index contributed by atoms with van der Waals surface area (Å²) >= 11 is 2.17. The minimum Gasteiger partial charge on any atom is -0.497 e. The van der Waals surface area contributed by atoms with Crippen LogP contribution in [0.5, 0.6) is 5.75 Å². The molecule has 0 aliphatic heterocycles. The number of benzene rings is 2. The topological polar surface area (TPSA) is 181 Å². The Hall–Kier alpha value is -4.63. The molecule has 38 heavy (non-hydrogen) atoms. The molecule has 0 spiro atoms. The van der Waals surface area contributed by atoms with Gasteiger partial charge < -0.3 is 26.8 Å². The largest absolute Gasteiger partial charge is 0.497 e. The molecule has 0 aliphatic rings. The van der Waals surface area contributed by atoms with Gasteiger partial charge in [-0.15, -0.1) is 11.3 Å². The smallest absolute Gasteiger partial charge is 0.321 e. The molecular weight excluding hydrogens is 538 g/mol. The van der Waals surface area contributed by atoms with Crippen LogP contribution < -0.4 is 32.2 Å². The summed E-state index contributed by atoms with van der Waals surface area (Å²) in [6.45, 7) is -0.138. The lowest BCUT2D eigenvalue weighted by Crippen LogP contribution is -2.35. The molecule has 0 aliphatic carbocycles. The summed E-state index contributed by atoms with van der Waals surface area (Å²) in [5, 5.41) is 16.5. The van der Waals surface area contributed by atoms with Crippen LogP contribution in [-0.2, 0) is 0 Å². The van der Waals surface area contributed by atoms with Crippen molar-refractivity contribution in [2.45, 2.75) is 0 Å². The quantitative estimate of drug-likeness (QED) is 0.139. The number of nitrogens with zero attached hydrogens (tertiary/aromatic N) is 2. The number of nitrogens with one attached hydrogen (secondary N) is 4. The lowest BCUT2D eigenvalue weighted by atomic mass is 10.1. The number of ether oxygens (including phenoxy) is 1. The fourth-order valence-electron chi connectivity index (χ4n) is 3.16. The second-order valence-electron chi connectivity index (χ2n) is 7.60. The summed E-state index contributed by atoms with van der Waals surface area (Å²) in [6, 6.07) is 7.48. The zero-order valence-corrected chi connectivity index (χ0v) is 21.2. The predicted molar refractivity (Wildman–Crippen MR) is 143 cm³/mol. The maximum atomic E-state index is 14.7. The molecule has 0 saturated carbocycles. The van der Waals surface area contributed by atoms with Gasteiger partial charge in [0.2, 0.25) is 0 Å². The van der Waals surface area contributed by atoms with Gasteiger partial charge in [0.25, 0.3) is 5.91 Å². The van der Waals surface area contributed by atoms with Crippen molar-refractivity contribution in [3.8, 4) is 26.9 Å². The van der Waals surface area contributed by atoms with Crippen molar-refractivity contribution in [1.29, 1.82) is 5.41 Å². The fraction of sp³-hybridized carbons (Fsp3) is 0.0870.